The summed E-state index contributed by atoms with van der Waals surface area (Å²) < 4.78 is 0. The number of aromatic nitrogens is 1. The van der Waals surface area contributed by atoms with Crippen molar-refractivity contribution < 1.29 is 9.90 Å². The number of rotatable bonds is 5. The number of carbonyl (C=O) groups is 1. The van der Waals surface area contributed by atoms with E-state index < -0.39 is 11.5 Å². The largest absolute Gasteiger partial charge is 0.481 e. The first kappa shape index (κ1) is 14.3. The van der Waals surface area contributed by atoms with Crippen LogP contribution in [0.1, 0.15) is 32.3 Å². The van der Waals surface area contributed by atoms with Crippen molar-refractivity contribution in [2.45, 2.75) is 32.2 Å². The fourth-order valence-corrected chi connectivity index (χ4v) is 1.61. The highest BCUT2D eigenvalue weighted by atomic mass is 35.5. The molecule has 1 aromatic rings. The van der Waals surface area contributed by atoms with E-state index in [-0.39, 0.29) is 6.42 Å². The Morgan fingerprint density at radius 2 is 2.33 bits per heavy atom. The molecule has 0 bridgehead atoms. The quantitative estimate of drug-likeness (QED) is 0.856. The van der Waals surface area contributed by atoms with Crippen molar-refractivity contribution in [3.8, 4) is 6.07 Å². The lowest BCUT2D eigenvalue weighted by atomic mass is 9.98. The molecular formula is C12H14ClN3O2. The topological polar surface area (TPSA) is 86.0 Å². The minimum atomic E-state index is -0.844. The van der Waals surface area contributed by atoms with Crippen LogP contribution in [0.25, 0.3) is 0 Å². The van der Waals surface area contributed by atoms with Gasteiger partial charge in [-0.15, -0.1) is 0 Å². The van der Waals surface area contributed by atoms with Gasteiger partial charge in [0.15, 0.2) is 0 Å². The van der Waals surface area contributed by atoms with Gasteiger partial charge in [0.2, 0.25) is 0 Å². The van der Waals surface area contributed by atoms with E-state index in [2.05, 4.69) is 10.3 Å². The molecule has 0 atom stereocenters. The van der Waals surface area contributed by atoms with Crippen LogP contribution in [0.4, 0.5) is 5.82 Å². The summed E-state index contributed by atoms with van der Waals surface area (Å²) in [6.07, 6.45) is 1.93. The molecule has 0 aliphatic carbocycles. The van der Waals surface area contributed by atoms with Crippen molar-refractivity contribution in [2.24, 2.45) is 0 Å². The van der Waals surface area contributed by atoms with Gasteiger partial charge >= 0.3 is 5.97 Å². The van der Waals surface area contributed by atoms with E-state index in [1.165, 1.54) is 12.3 Å². The fraction of sp³-hybridized carbons (Fsp3) is 0.417. The predicted molar refractivity (Wildman–Crippen MR) is 68.5 cm³/mol. The zero-order chi connectivity index (χ0) is 13.8. The molecule has 96 valence electrons. The molecule has 6 heteroatoms. The van der Waals surface area contributed by atoms with E-state index >= 15 is 0 Å². The van der Waals surface area contributed by atoms with Crippen LogP contribution >= 0.6 is 11.6 Å². The minimum Gasteiger partial charge on any atom is -0.481 e. The van der Waals surface area contributed by atoms with Crippen LogP contribution in [0.2, 0.25) is 5.02 Å². The lowest BCUT2D eigenvalue weighted by Gasteiger charge is -2.26. The van der Waals surface area contributed by atoms with Crippen LogP contribution in [-0.4, -0.2) is 21.6 Å². The van der Waals surface area contributed by atoms with Gasteiger partial charge in [-0.1, -0.05) is 11.6 Å². The number of hydrogen-bond acceptors (Lipinski definition) is 4. The lowest BCUT2D eigenvalue weighted by molar-refractivity contribution is -0.137. The summed E-state index contributed by atoms with van der Waals surface area (Å²) in [4.78, 5) is 14.6. The molecule has 0 radical (unpaired) electrons. The molecule has 0 aromatic carbocycles. The molecule has 5 nitrogen and oxygen atoms in total. The van der Waals surface area contributed by atoms with Crippen molar-refractivity contribution >= 4 is 23.4 Å². The van der Waals surface area contributed by atoms with Crippen LogP contribution in [0.5, 0.6) is 0 Å². The van der Waals surface area contributed by atoms with Gasteiger partial charge in [-0.2, -0.15) is 5.26 Å². The molecule has 1 heterocycles. The average molecular weight is 268 g/mol. The Morgan fingerprint density at radius 1 is 1.67 bits per heavy atom. The van der Waals surface area contributed by atoms with Gasteiger partial charge < -0.3 is 10.4 Å². The van der Waals surface area contributed by atoms with Gasteiger partial charge in [-0.3, -0.25) is 4.79 Å². The SMILES string of the molecule is CC(C)(CCC(=O)O)Nc1ncc(C#N)cc1Cl. The number of hydrogen-bond donors (Lipinski definition) is 2. The second kappa shape index (κ2) is 5.69. The molecule has 0 unspecified atom stereocenters. The fourth-order valence-electron chi connectivity index (χ4n) is 1.39. The van der Waals surface area contributed by atoms with Crippen molar-refractivity contribution in [3.63, 3.8) is 0 Å². The summed E-state index contributed by atoms with van der Waals surface area (Å²) in [6, 6.07) is 3.46. The number of aliphatic carboxylic acids is 1. The van der Waals surface area contributed by atoms with E-state index in [9.17, 15) is 4.79 Å². The maximum Gasteiger partial charge on any atom is 0.303 e. The number of anilines is 1. The maximum atomic E-state index is 10.5. The number of halogens is 1. The Kier molecular flexibility index (Phi) is 4.51. The molecule has 1 aromatic heterocycles. The highest BCUT2D eigenvalue weighted by Crippen LogP contribution is 2.25. The summed E-state index contributed by atoms with van der Waals surface area (Å²) in [6.45, 7) is 3.73. The third-order valence-electron chi connectivity index (χ3n) is 2.39. The van der Waals surface area contributed by atoms with E-state index in [4.69, 9.17) is 22.0 Å². The second-order valence-corrected chi connectivity index (χ2v) is 4.98. The monoisotopic (exact) mass is 267 g/mol. The van der Waals surface area contributed by atoms with Crippen LogP contribution in [0.15, 0.2) is 12.3 Å². The third-order valence-corrected chi connectivity index (χ3v) is 2.68. The molecule has 0 aliphatic rings. The lowest BCUT2D eigenvalue weighted by Crippen LogP contribution is -2.32. The molecule has 0 amide bonds. The van der Waals surface area contributed by atoms with Crippen molar-refractivity contribution in [2.75, 3.05) is 5.32 Å². The number of carboxylic acids is 1. The summed E-state index contributed by atoms with van der Waals surface area (Å²) >= 11 is 5.98. The Balaban J connectivity index is 2.78. The summed E-state index contributed by atoms with van der Waals surface area (Å²) in [5.41, 5.74) is -0.0580. The molecule has 0 saturated heterocycles. The first-order valence-corrected chi connectivity index (χ1v) is 5.77. The third kappa shape index (κ3) is 4.22. The Morgan fingerprint density at radius 3 is 2.83 bits per heavy atom. The number of pyridine rings is 1. The highest BCUT2D eigenvalue weighted by molar-refractivity contribution is 6.33. The van der Waals surface area contributed by atoms with Gasteiger partial charge in [-0.05, 0) is 26.3 Å². The number of carboxylic acid groups (broad SMARTS) is 1. The number of nitrogens with zero attached hydrogens (tertiary/aromatic N) is 2. The van der Waals surface area contributed by atoms with Crippen LogP contribution < -0.4 is 5.32 Å². The van der Waals surface area contributed by atoms with Crippen molar-refractivity contribution in [1.29, 1.82) is 5.26 Å². The zero-order valence-corrected chi connectivity index (χ0v) is 11.0. The first-order valence-electron chi connectivity index (χ1n) is 5.40. The van der Waals surface area contributed by atoms with Crippen molar-refractivity contribution in [3.05, 3.63) is 22.8 Å². The molecule has 0 fully saturated rings. The standard InChI is InChI=1S/C12H14ClN3O2/c1-12(2,4-3-10(17)18)16-11-9(13)5-8(6-14)7-15-11/h5,7H,3-4H2,1-2H3,(H,15,16)(H,17,18). The number of nitriles is 1. The van der Waals surface area contributed by atoms with Gasteiger partial charge in [0.25, 0.3) is 0 Å². The van der Waals surface area contributed by atoms with Gasteiger partial charge in [-0.25, -0.2) is 4.98 Å². The Labute approximate surface area is 110 Å². The van der Waals surface area contributed by atoms with Gasteiger partial charge in [0.05, 0.1) is 10.6 Å². The molecular weight excluding hydrogens is 254 g/mol. The van der Waals surface area contributed by atoms with Crippen LogP contribution in [0, 0.1) is 11.3 Å². The number of nitrogens with one attached hydrogen (secondary N) is 1. The van der Waals surface area contributed by atoms with E-state index in [0.29, 0.717) is 22.8 Å². The predicted octanol–water partition coefficient (Wildman–Crippen LogP) is 2.66. The smallest absolute Gasteiger partial charge is 0.303 e. The highest BCUT2D eigenvalue weighted by Gasteiger charge is 2.20. The maximum absolute atomic E-state index is 10.5. The van der Waals surface area contributed by atoms with Gasteiger partial charge in [0.1, 0.15) is 11.9 Å². The normalized spacial score (nSPS) is 10.8. The van der Waals surface area contributed by atoms with E-state index in [1.54, 1.807) is 0 Å². The minimum absolute atomic E-state index is 0.0634. The molecule has 18 heavy (non-hydrogen) atoms. The average Bonchev–Trinajstić information content (AvgIpc) is 2.29. The molecule has 1 rings (SSSR count). The Bertz CT molecular complexity index is 495. The van der Waals surface area contributed by atoms with E-state index in [0.717, 1.165) is 0 Å². The molecule has 0 saturated carbocycles. The summed E-state index contributed by atoms with van der Waals surface area (Å²) in [5, 5.41) is 20.8. The summed E-state index contributed by atoms with van der Waals surface area (Å²) in [5.74, 6) is -0.394. The van der Waals surface area contributed by atoms with Crippen LogP contribution in [0.3, 0.4) is 0 Å². The Hall–Kier alpha value is -1.80. The molecule has 0 spiro atoms. The van der Waals surface area contributed by atoms with E-state index in [1.807, 2.05) is 19.9 Å². The summed E-state index contributed by atoms with van der Waals surface area (Å²) in [7, 11) is 0. The van der Waals surface area contributed by atoms with Crippen molar-refractivity contribution in [1.82, 2.24) is 4.98 Å². The first-order chi connectivity index (χ1) is 8.34. The second-order valence-electron chi connectivity index (χ2n) is 4.57. The van der Waals surface area contributed by atoms with Gasteiger partial charge in [0, 0.05) is 18.2 Å². The molecule has 2 N–H and O–H groups in total. The molecule has 0 aliphatic heterocycles. The van der Waals surface area contributed by atoms with Crippen LogP contribution in [-0.2, 0) is 4.79 Å². The zero-order valence-electron chi connectivity index (χ0n) is 10.2.